The van der Waals surface area contributed by atoms with E-state index in [4.69, 9.17) is 4.52 Å². The summed E-state index contributed by atoms with van der Waals surface area (Å²) in [5.74, 6) is -0.167. The van der Waals surface area contributed by atoms with Crippen LogP contribution < -0.4 is 5.32 Å². The largest absolute Gasteiger partial charge is 0.351 e. The Kier molecular flexibility index (Phi) is 4.24. The number of aromatic nitrogens is 1. The Hall–Kier alpha value is -3.28. The lowest BCUT2D eigenvalue weighted by Crippen LogP contribution is -2.10. The first-order chi connectivity index (χ1) is 11.2. The topological polar surface area (TPSA) is 79.9 Å². The summed E-state index contributed by atoms with van der Waals surface area (Å²) >= 11 is 0. The Bertz CT molecular complexity index is 823. The Morgan fingerprint density at radius 1 is 1.00 bits per heavy atom. The third kappa shape index (κ3) is 3.88. The Morgan fingerprint density at radius 2 is 1.65 bits per heavy atom. The van der Waals surface area contributed by atoms with Gasteiger partial charge in [-0.1, -0.05) is 23.4 Å². The lowest BCUT2D eigenvalue weighted by atomic mass is 10.2. The molecule has 0 saturated carbocycles. The molecule has 3 rings (SSSR count). The van der Waals surface area contributed by atoms with Crippen molar-refractivity contribution >= 4 is 23.0 Å². The van der Waals surface area contributed by atoms with Gasteiger partial charge in [0.05, 0.1) is 17.1 Å². The van der Waals surface area contributed by atoms with Gasteiger partial charge in [-0.15, -0.1) is 0 Å². The summed E-state index contributed by atoms with van der Waals surface area (Å²) in [4.78, 5) is 11.9. The minimum absolute atomic E-state index is 0.176. The number of carbonyl (C=O) groups excluding carboxylic acids is 1. The number of aryl methyl sites for hydroxylation is 1. The van der Waals surface area contributed by atoms with Crippen LogP contribution in [0.4, 0.5) is 17.1 Å². The number of carbonyl (C=O) groups is 1. The number of nitrogens with zero attached hydrogens (tertiary/aromatic N) is 3. The molecule has 1 amide bonds. The lowest BCUT2D eigenvalue weighted by Gasteiger charge is -2.02. The van der Waals surface area contributed by atoms with Gasteiger partial charge in [0.1, 0.15) is 0 Å². The van der Waals surface area contributed by atoms with Crippen LogP contribution in [-0.4, -0.2) is 11.1 Å². The van der Waals surface area contributed by atoms with Crippen molar-refractivity contribution in [3.63, 3.8) is 0 Å². The molecular weight excluding hydrogens is 292 g/mol. The number of rotatable bonds is 4. The summed E-state index contributed by atoms with van der Waals surface area (Å²) in [6.45, 7) is 1.76. The summed E-state index contributed by atoms with van der Waals surface area (Å²) < 4.78 is 4.91. The van der Waals surface area contributed by atoms with Crippen LogP contribution in [0, 0.1) is 6.92 Å². The predicted molar refractivity (Wildman–Crippen MR) is 86.3 cm³/mol. The van der Waals surface area contributed by atoms with E-state index in [-0.39, 0.29) is 11.7 Å². The normalized spacial score (nSPS) is 10.8. The van der Waals surface area contributed by atoms with Gasteiger partial charge in [-0.25, -0.2) is 0 Å². The highest BCUT2D eigenvalue weighted by Crippen LogP contribution is 2.20. The molecule has 23 heavy (non-hydrogen) atoms. The molecule has 0 bridgehead atoms. The molecule has 1 aromatic heterocycles. The van der Waals surface area contributed by atoms with Crippen molar-refractivity contribution in [1.29, 1.82) is 0 Å². The molecule has 1 N–H and O–H groups in total. The van der Waals surface area contributed by atoms with Gasteiger partial charge in [-0.3, -0.25) is 4.79 Å². The first-order valence-electron chi connectivity index (χ1n) is 7.02. The monoisotopic (exact) mass is 306 g/mol. The molecule has 0 unspecified atom stereocenters. The van der Waals surface area contributed by atoms with Crippen LogP contribution in [-0.2, 0) is 0 Å². The highest BCUT2D eigenvalue weighted by Gasteiger charge is 2.11. The number of hydrogen-bond acceptors (Lipinski definition) is 5. The molecule has 6 heteroatoms. The van der Waals surface area contributed by atoms with Crippen molar-refractivity contribution < 1.29 is 9.32 Å². The van der Waals surface area contributed by atoms with E-state index in [2.05, 4.69) is 20.7 Å². The molecule has 0 atom stereocenters. The van der Waals surface area contributed by atoms with Crippen molar-refractivity contribution in [3.8, 4) is 0 Å². The Balaban J connectivity index is 1.65. The maximum absolute atomic E-state index is 11.9. The van der Waals surface area contributed by atoms with Gasteiger partial charge in [0.25, 0.3) is 5.91 Å². The zero-order valence-corrected chi connectivity index (χ0v) is 12.4. The van der Waals surface area contributed by atoms with E-state index >= 15 is 0 Å². The fraction of sp³-hybridized carbons (Fsp3) is 0.0588. The number of benzene rings is 2. The summed E-state index contributed by atoms with van der Waals surface area (Å²) in [5.41, 5.74) is 2.78. The zero-order valence-electron chi connectivity index (χ0n) is 12.4. The third-order valence-electron chi connectivity index (χ3n) is 3.01. The van der Waals surface area contributed by atoms with Crippen LogP contribution in [0.3, 0.4) is 0 Å². The first-order valence-corrected chi connectivity index (χ1v) is 7.02. The molecule has 0 aliphatic heterocycles. The van der Waals surface area contributed by atoms with Gasteiger partial charge in [0.15, 0.2) is 0 Å². The highest BCUT2D eigenvalue weighted by atomic mass is 16.5. The molecule has 0 radical (unpaired) electrons. The van der Waals surface area contributed by atoms with Crippen LogP contribution in [0.5, 0.6) is 0 Å². The fourth-order valence-electron chi connectivity index (χ4n) is 1.88. The van der Waals surface area contributed by atoms with Gasteiger partial charge in [-0.2, -0.15) is 10.2 Å². The number of nitrogens with one attached hydrogen (secondary N) is 1. The van der Waals surface area contributed by atoms with Gasteiger partial charge < -0.3 is 9.84 Å². The maximum Gasteiger partial charge on any atom is 0.294 e. The van der Waals surface area contributed by atoms with Crippen molar-refractivity contribution in [2.24, 2.45) is 10.2 Å². The maximum atomic E-state index is 11.9. The second-order valence-electron chi connectivity index (χ2n) is 4.87. The van der Waals surface area contributed by atoms with Crippen molar-refractivity contribution in [1.82, 2.24) is 5.16 Å². The molecule has 6 nitrogen and oxygen atoms in total. The fourth-order valence-corrected chi connectivity index (χ4v) is 1.88. The average Bonchev–Trinajstić information content (AvgIpc) is 3.02. The molecule has 2 aromatic carbocycles. The molecule has 114 valence electrons. The van der Waals surface area contributed by atoms with E-state index in [9.17, 15) is 4.79 Å². The van der Waals surface area contributed by atoms with Crippen LogP contribution in [0.25, 0.3) is 0 Å². The third-order valence-corrected chi connectivity index (χ3v) is 3.01. The van der Waals surface area contributed by atoms with Gasteiger partial charge in [0.2, 0.25) is 5.76 Å². The van der Waals surface area contributed by atoms with Crippen LogP contribution in [0.15, 0.2) is 75.4 Å². The summed E-state index contributed by atoms with van der Waals surface area (Å²) in [5, 5.41) is 14.7. The molecule has 0 aliphatic carbocycles. The second kappa shape index (κ2) is 6.65. The molecule has 0 saturated heterocycles. The second-order valence-corrected chi connectivity index (χ2v) is 4.87. The molecule has 0 spiro atoms. The molecular formula is C17H14N4O2. The standard InChI is InChI=1S/C17H14N4O2/c1-12-11-16(23-21-12)17(22)18-13-7-9-15(10-8-13)20-19-14-5-3-2-4-6-14/h2-11H,1H3,(H,18,22). The molecule has 1 heterocycles. The minimum atomic E-state index is -0.343. The van der Waals surface area contributed by atoms with Crippen LogP contribution in [0.1, 0.15) is 16.2 Å². The van der Waals surface area contributed by atoms with Gasteiger partial charge in [-0.05, 0) is 43.3 Å². The minimum Gasteiger partial charge on any atom is -0.351 e. The van der Waals surface area contributed by atoms with E-state index < -0.39 is 0 Å². The predicted octanol–water partition coefficient (Wildman–Crippen LogP) is 4.65. The van der Waals surface area contributed by atoms with E-state index in [1.54, 1.807) is 37.3 Å². The zero-order chi connectivity index (χ0) is 16.1. The van der Waals surface area contributed by atoms with Crippen molar-refractivity contribution in [3.05, 3.63) is 72.1 Å². The van der Waals surface area contributed by atoms with E-state index in [0.717, 1.165) is 5.69 Å². The number of hydrogen-bond donors (Lipinski definition) is 1. The van der Waals surface area contributed by atoms with E-state index in [1.807, 2.05) is 30.3 Å². The summed E-state index contributed by atoms with van der Waals surface area (Å²) in [6.07, 6.45) is 0. The highest BCUT2D eigenvalue weighted by molar-refractivity contribution is 6.02. The number of anilines is 1. The number of amides is 1. The van der Waals surface area contributed by atoms with E-state index in [0.29, 0.717) is 17.1 Å². The van der Waals surface area contributed by atoms with Gasteiger partial charge >= 0.3 is 0 Å². The molecule has 3 aromatic rings. The van der Waals surface area contributed by atoms with Crippen LogP contribution in [0.2, 0.25) is 0 Å². The van der Waals surface area contributed by atoms with Crippen molar-refractivity contribution in [2.75, 3.05) is 5.32 Å². The van der Waals surface area contributed by atoms with Crippen molar-refractivity contribution in [2.45, 2.75) is 6.92 Å². The number of azo groups is 1. The SMILES string of the molecule is Cc1cc(C(=O)Nc2ccc(N=Nc3ccccc3)cc2)on1. The molecule has 0 fully saturated rings. The Labute approximate surface area is 132 Å². The Morgan fingerprint density at radius 3 is 2.26 bits per heavy atom. The first kappa shape index (κ1) is 14.6. The average molecular weight is 306 g/mol. The lowest BCUT2D eigenvalue weighted by molar-refractivity contribution is 0.0988. The summed E-state index contributed by atoms with van der Waals surface area (Å²) in [6, 6.07) is 18.1. The van der Waals surface area contributed by atoms with E-state index in [1.165, 1.54) is 0 Å². The summed E-state index contributed by atoms with van der Waals surface area (Å²) in [7, 11) is 0. The quantitative estimate of drug-likeness (QED) is 0.712. The van der Waals surface area contributed by atoms with Crippen LogP contribution >= 0.6 is 0 Å². The van der Waals surface area contributed by atoms with Gasteiger partial charge in [0, 0.05) is 11.8 Å². The smallest absolute Gasteiger partial charge is 0.294 e. The molecule has 0 aliphatic rings.